The number of aryl methyl sites for hydroxylation is 2. The van der Waals surface area contributed by atoms with Crippen molar-refractivity contribution in [3.63, 3.8) is 0 Å². The van der Waals surface area contributed by atoms with Gasteiger partial charge >= 0.3 is 0 Å². The van der Waals surface area contributed by atoms with Gasteiger partial charge in [-0.3, -0.25) is 4.79 Å². The Morgan fingerprint density at radius 3 is 1.69 bits per heavy atom. The molecule has 0 aliphatic rings. The Morgan fingerprint density at radius 2 is 1.22 bits per heavy atom. The number of Topliss-reactive ketones (excluding diaryl/α,β-unsaturated/α-hetero) is 1. The highest BCUT2D eigenvalue weighted by Gasteiger charge is 2.22. The van der Waals surface area contributed by atoms with Crippen molar-refractivity contribution in [2.75, 3.05) is 0 Å². The van der Waals surface area contributed by atoms with Gasteiger partial charge in [-0.1, -0.05) is 65.2 Å². The molecule has 0 radical (unpaired) electrons. The Kier molecular flexibility index (Phi) is 12.9. The van der Waals surface area contributed by atoms with E-state index in [1.807, 2.05) is 18.2 Å². The molecular formula is C32H48O4. The van der Waals surface area contributed by atoms with E-state index in [1.165, 1.54) is 5.56 Å². The minimum absolute atomic E-state index is 0.0335. The number of hydrogen-bond acceptors (Lipinski definition) is 4. The Labute approximate surface area is 219 Å². The van der Waals surface area contributed by atoms with Crippen LogP contribution in [0, 0.1) is 0 Å². The minimum Gasteiger partial charge on any atom is -0.490 e. The molecule has 0 saturated carbocycles. The van der Waals surface area contributed by atoms with Gasteiger partial charge in [0, 0.05) is 6.42 Å². The first-order valence-electron chi connectivity index (χ1n) is 14.1. The molecule has 2 aromatic carbocycles. The maximum atomic E-state index is 13.7. The molecule has 0 N–H and O–H groups in total. The second-order valence-corrected chi connectivity index (χ2v) is 10.00. The van der Waals surface area contributed by atoms with Crippen molar-refractivity contribution in [3.8, 4) is 17.2 Å². The molecule has 0 amide bonds. The molecule has 0 spiro atoms. The standard InChI is InChI=1S/C32H48O4/c1-8-13-23(5)34-29-21-18-26(11-4)22-27(29)19-20-28(33)32-30(35-24(6)14-9-2)16-12-17-31(32)36-25(7)15-10-3/h12,16-18,21-25H,8-11,13-15,19-20H2,1-7H3. The highest BCUT2D eigenvalue weighted by atomic mass is 16.5. The summed E-state index contributed by atoms with van der Waals surface area (Å²) in [5, 5.41) is 0. The van der Waals surface area contributed by atoms with Crippen LogP contribution in [-0.2, 0) is 12.8 Å². The smallest absolute Gasteiger partial charge is 0.170 e. The Balaban J connectivity index is 2.33. The molecule has 0 bridgehead atoms. The Morgan fingerprint density at radius 1 is 0.722 bits per heavy atom. The topological polar surface area (TPSA) is 44.8 Å². The number of rotatable bonds is 17. The number of benzene rings is 2. The lowest BCUT2D eigenvalue weighted by Gasteiger charge is -2.21. The van der Waals surface area contributed by atoms with E-state index in [2.05, 4.69) is 66.7 Å². The average Bonchev–Trinajstić information content (AvgIpc) is 2.83. The van der Waals surface area contributed by atoms with Gasteiger partial charge in [-0.05, 0) is 82.2 Å². The van der Waals surface area contributed by atoms with Crippen molar-refractivity contribution < 1.29 is 19.0 Å². The van der Waals surface area contributed by atoms with E-state index in [9.17, 15) is 4.79 Å². The summed E-state index contributed by atoms with van der Waals surface area (Å²) in [6.45, 7) is 14.8. The summed E-state index contributed by atoms with van der Waals surface area (Å²) in [5.74, 6) is 2.17. The van der Waals surface area contributed by atoms with Crippen LogP contribution in [-0.4, -0.2) is 24.1 Å². The number of hydrogen-bond donors (Lipinski definition) is 0. The van der Waals surface area contributed by atoms with E-state index in [4.69, 9.17) is 14.2 Å². The molecule has 200 valence electrons. The van der Waals surface area contributed by atoms with Crippen LogP contribution in [0.3, 0.4) is 0 Å². The monoisotopic (exact) mass is 496 g/mol. The van der Waals surface area contributed by atoms with Gasteiger partial charge in [0.05, 0.1) is 18.3 Å². The molecule has 4 heteroatoms. The highest BCUT2D eigenvalue weighted by Crippen LogP contribution is 2.33. The first kappa shape index (κ1) is 29.7. The molecule has 0 aliphatic carbocycles. The third-order valence-corrected chi connectivity index (χ3v) is 6.49. The predicted octanol–water partition coefficient (Wildman–Crippen LogP) is 8.77. The fourth-order valence-electron chi connectivity index (χ4n) is 4.57. The van der Waals surface area contributed by atoms with Crippen LogP contribution in [0.2, 0.25) is 0 Å². The van der Waals surface area contributed by atoms with Crippen LogP contribution in [0.25, 0.3) is 0 Å². The average molecular weight is 497 g/mol. The van der Waals surface area contributed by atoms with Crippen LogP contribution < -0.4 is 14.2 Å². The van der Waals surface area contributed by atoms with Gasteiger partial charge in [-0.2, -0.15) is 0 Å². The maximum Gasteiger partial charge on any atom is 0.170 e. The second-order valence-electron chi connectivity index (χ2n) is 10.00. The third kappa shape index (κ3) is 9.19. The lowest BCUT2D eigenvalue weighted by Crippen LogP contribution is -2.17. The quantitative estimate of drug-likeness (QED) is 0.205. The molecule has 2 aromatic rings. The summed E-state index contributed by atoms with van der Waals surface area (Å²) >= 11 is 0. The molecule has 0 heterocycles. The largest absolute Gasteiger partial charge is 0.490 e. The van der Waals surface area contributed by atoms with Crippen LogP contribution in [0.1, 0.15) is 115 Å². The number of ketones is 1. The third-order valence-electron chi connectivity index (χ3n) is 6.49. The van der Waals surface area contributed by atoms with E-state index >= 15 is 0 Å². The van der Waals surface area contributed by atoms with Gasteiger partial charge < -0.3 is 14.2 Å². The van der Waals surface area contributed by atoms with Crippen molar-refractivity contribution in [1.29, 1.82) is 0 Å². The van der Waals surface area contributed by atoms with E-state index in [-0.39, 0.29) is 24.1 Å². The SMILES string of the molecule is CCCC(C)Oc1ccc(CC)cc1CCC(=O)c1c(OC(C)CCC)cccc1OC(C)CCC. The molecule has 2 rings (SSSR count). The van der Waals surface area contributed by atoms with E-state index < -0.39 is 0 Å². The molecule has 4 nitrogen and oxygen atoms in total. The van der Waals surface area contributed by atoms with Crippen LogP contribution in [0.15, 0.2) is 36.4 Å². The zero-order chi connectivity index (χ0) is 26.5. The fraction of sp³-hybridized carbons (Fsp3) is 0.594. The van der Waals surface area contributed by atoms with E-state index in [0.717, 1.165) is 56.3 Å². The van der Waals surface area contributed by atoms with Crippen molar-refractivity contribution in [2.24, 2.45) is 0 Å². The molecular weight excluding hydrogens is 448 g/mol. The summed E-state index contributed by atoms with van der Waals surface area (Å²) < 4.78 is 18.8. The van der Waals surface area contributed by atoms with Crippen LogP contribution >= 0.6 is 0 Å². The molecule has 0 saturated heterocycles. The van der Waals surface area contributed by atoms with Gasteiger partial charge in [0.25, 0.3) is 0 Å². The Bertz CT molecular complexity index is 903. The first-order chi connectivity index (χ1) is 17.3. The van der Waals surface area contributed by atoms with Crippen LogP contribution in [0.5, 0.6) is 17.2 Å². The number of ether oxygens (including phenoxy) is 3. The summed E-state index contributed by atoms with van der Waals surface area (Å²) in [5.41, 5.74) is 2.91. The van der Waals surface area contributed by atoms with Crippen molar-refractivity contribution in [1.82, 2.24) is 0 Å². The van der Waals surface area contributed by atoms with Crippen molar-refractivity contribution in [3.05, 3.63) is 53.1 Å². The van der Waals surface area contributed by atoms with Gasteiger partial charge in [-0.25, -0.2) is 0 Å². The predicted molar refractivity (Wildman–Crippen MR) is 150 cm³/mol. The minimum atomic E-state index is 0.0335. The molecule has 3 unspecified atom stereocenters. The lowest BCUT2D eigenvalue weighted by atomic mass is 9.98. The van der Waals surface area contributed by atoms with Gasteiger partial charge in [-0.15, -0.1) is 0 Å². The van der Waals surface area contributed by atoms with Gasteiger partial charge in [0.1, 0.15) is 22.8 Å². The molecule has 3 atom stereocenters. The fourth-order valence-corrected chi connectivity index (χ4v) is 4.57. The molecule has 36 heavy (non-hydrogen) atoms. The van der Waals surface area contributed by atoms with Gasteiger partial charge in [0.2, 0.25) is 0 Å². The lowest BCUT2D eigenvalue weighted by molar-refractivity contribution is 0.0967. The first-order valence-corrected chi connectivity index (χ1v) is 14.1. The molecule has 0 aliphatic heterocycles. The summed E-state index contributed by atoms with van der Waals surface area (Å²) in [6, 6.07) is 12.1. The summed E-state index contributed by atoms with van der Waals surface area (Å²) in [4.78, 5) is 13.7. The second kappa shape index (κ2) is 15.6. The number of carbonyl (C=O) groups is 1. The molecule has 0 aromatic heterocycles. The summed E-state index contributed by atoms with van der Waals surface area (Å²) in [6.07, 6.45) is 8.16. The Hall–Kier alpha value is -2.49. The van der Waals surface area contributed by atoms with Crippen molar-refractivity contribution in [2.45, 2.75) is 125 Å². The molecule has 0 fully saturated rings. The van der Waals surface area contributed by atoms with E-state index in [0.29, 0.717) is 29.9 Å². The zero-order valence-electron chi connectivity index (χ0n) is 23.7. The normalized spacial score (nSPS) is 13.6. The van der Waals surface area contributed by atoms with Crippen molar-refractivity contribution >= 4 is 5.78 Å². The van der Waals surface area contributed by atoms with Gasteiger partial charge in [0.15, 0.2) is 5.78 Å². The zero-order valence-corrected chi connectivity index (χ0v) is 23.7. The maximum absolute atomic E-state index is 13.7. The number of carbonyl (C=O) groups excluding carboxylic acids is 1. The highest BCUT2D eigenvalue weighted by molar-refractivity contribution is 6.01. The van der Waals surface area contributed by atoms with E-state index in [1.54, 1.807) is 0 Å². The van der Waals surface area contributed by atoms with Crippen LogP contribution in [0.4, 0.5) is 0 Å². The summed E-state index contributed by atoms with van der Waals surface area (Å²) in [7, 11) is 0.